The number of hydrogen-bond donors (Lipinski definition) is 1. The Kier molecular flexibility index (Phi) is 3.95. The van der Waals surface area contributed by atoms with Gasteiger partial charge in [-0.2, -0.15) is 0 Å². The molecule has 1 aromatic carbocycles. The molecule has 2 atom stereocenters. The van der Waals surface area contributed by atoms with Crippen LogP contribution in [0.4, 0.5) is 0 Å². The summed E-state index contributed by atoms with van der Waals surface area (Å²) >= 11 is 0. The van der Waals surface area contributed by atoms with Crippen LogP contribution in [-0.4, -0.2) is 23.4 Å². The number of nitrogens with zero attached hydrogens (tertiary/aromatic N) is 1. The Bertz CT molecular complexity index is 482. The highest BCUT2D eigenvalue weighted by atomic mass is 16.2. The monoisotopic (exact) mass is 260 g/mol. The van der Waals surface area contributed by atoms with E-state index in [9.17, 15) is 4.79 Å². The number of benzene rings is 1. The first-order valence-corrected chi connectivity index (χ1v) is 7.09. The molecule has 0 spiro atoms. The van der Waals surface area contributed by atoms with E-state index in [1.807, 2.05) is 11.8 Å². The van der Waals surface area contributed by atoms with Crippen LogP contribution in [0.2, 0.25) is 0 Å². The predicted octanol–water partition coefficient (Wildman–Crippen LogP) is 2.78. The molecule has 0 radical (unpaired) electrons. The lowest BCUT2D eigenvalue weighted by Gasteiger charge is -2.24. The van der Waals surface area contributed by atoms with E-state index in [-0.39, 0.29) is 18.1 Å². The highest BCUT2D eigenvalue weighted by Crippen LogP contribution is 2.29. The van der Waals surface area contributed by atoms with E-state index < -0.39 is 0 Å². The van der Waals surface area contributed by atoms with Gasteiger partial charge in [-0.15, -0.1) is 0 Å². The minimum absolute atomic E-state index is 0.0190. The summed E-state index contributed by atoms with van der Waals surface area (Å²) in [5, 5.41) is 3.49. The molecular formula is C16H24N2O. The fraction of sp³-hybridized carbons (Fsp3) is 0.562. The lowest BCUT2D eigenvalue weighted by atomic mass is 10.0. The maximum absolute atomic E-state index is 12.4. The van der Waals surface area contributed by atoms with Gasteiger partial charge in [0.1, 0.15) is 6.17 Å². The van der Waals surface area contributed by atoms with Gasteiger partial charge in [0.25, 0.3) is 0 Å². The zero-order valence-corrected chi connectivity index (χ0v) is 12.5. The summed E-state index contributed by atoms with van der Waals surface area (Å²) < 4.78 is 0. The summed E-state index contributed by atoms with van der Waals surface area (Å²) in [6, 6.07) is 6.37. The van der Waals surface area contributed by atoms with Crippen molar-refractivity contribution in [1.82, 2.24) is 10.2 Å². The van der Waals surface area contributed by atoms with E-state index in [0.29, 0.717) is 5.92 Å². The molecule has 2 unspecified atom stereocenters. The van der Waals surface area contributed by atoms with Crippen LogP contribution in [0.25, 0.3) is 0 Å². The first-order valence-electron chi connectivity index (χ1n) is 7.09. The van der Waals surface area contributed by atoms with E-state index in [2.05, 4.69) is 51.2 Å². The normalized spacial score (nSPS) is 23.5. The van der Waals surface area contributed by atoms with Crippen molar-refractivity contribution in [3.63, 3.8) is 0 Å². The fourth-order valence-corrected chi connectivity index (χ4v) is 2.84. The third-order valence-corrected chi connectivity index (χ3v) is 3.93. The van der Waals surface area contributed by atoms with Crippen LogP contribution in [0, 0.1) is 19.8 Å². The third-order valence-electron chi connectivity index (χ3n) is 3.93. The molecule has 0 aliphatic carbocycles. The van der Waals surface area contributed by atoms with Crippen molar-refractivity contribution in [3.05, 3.63) is 34.9 Å². The van der Waals surface area contributed by atoms with Crippen molar-refractivity contribution < 1.29 is 4.79 Å². The molecule has 2 rings (SSSR count). The molecule has 1 fully saturated rings. The summed E-state index contributed by atoms with van der Waals surface area (Å²) in [5.41, 5.74) is 3.71. The Hall–Kier alpha value is -1.35. The molecule has 1 amide bonds. The predicted molar refractivity (Wildman–Crippen MR) is 77.8 cm³/mol. The second-order valence-corrected chi connectivity index (χ2v) is 5.78. The molecule has 3 heteroatoms. The van der Waals surface area contributed by atoms with E-state index in [0.717, 1.165) is 6.54 Å². The summed E-state index contributed by atoms with van der Waals surface area (Å²) in [5.74, 6) is 0.541. The first-order chi connectivity index (χ1) is 8.95. The van der Waals surface area contributed by atoms with Crippen LogP contribution >= 0.6 is 0 Å². The lowest BCUT2D eigenvalue weighted by molar-refractivity contribution is -0.130. The van der Waals surface area contributed by atoms with Crippen molar-refractivity contribution in [2.75, 3.05) is 6.54 Å². The number of hydrogen-bond acceptors (Lipinski definition) is 2. The van der Waals surface area contributed by atoms with E-state index in [1.165, 1.54) is 16.7 Å². The summed E-state index contributed by atoms with van der Waals surface area (Å²) in [7, 11) is 0. The largest absolute Gasteiger partial charge is 0.322 e. The standard InChI is InChI=1S/C16H24N2O/c1-6-18-15(17-14(10(2)3)16(18)19)13-8-7-11(4)9-12(13)5/h7-10,14-15,17H,6H2,1-5H3. The van der Waals surface area contributed by atoms with Gasteiger partial charge in [-0.05, 0) is 37.8 Å². The Balaban J connectivity index is 2.35. The molecule has 1 aliphatic heterocycles. The molecule has 0 bridgehead atoms. The second kappa shape index (κ2) is 5.33. The Morgan fingerprint density at radius 1 is 1.32 bits per heavy atom. The van der Waals surface area contributed by atoms with Crippen molar-refractivity contribution in [3.8, 4) is 0 Å². The van der Waals surface area contributed by atoms with Gasteiger partial charge in [-0.3, -0.25) is 10.1 Å². The smallest absolute Gasteiger partial charge is 0.241 e. The Morgan fingerprint density at radius 2 is 2.00 bits per heavy atom. The van der Waals surface area contributed by atoms with Crippen LogP contribution in [0.5, 0.6) is 0 Å². The summed E-state index contributed by atoms with van der Waals surface area (Å²) in [6.07, 6.45) is 0.0190. The number of carbonyl (C=O) groups is 1. The molecule has 3 nitrogen and oxygen atoms in total. The molecule has 1 saturated heterocycles. The zero-order valence-electron chi connectivity index (χ0n) is 12.5. The zero-order chi connectivity index (χ0) is 14.2. The number of rotatable bonds is 3. The number of amides is 1. The van der Waals surface area contributed by atoms with Gasteiger partial charge < -0.3 is 4.90 Å². The second-order valence-electron chi connectivity index (χ2n) is 5.78. The molecule has 0 saturated carbocycles. The average Bonchev–Trinajstić information content (AvgIpc) is 2.66. The van der Waals surface area contributed by atoms with E-state index in [4.69, 9.17) is 0 Å². The molecular weight excluding hydrogens is 236 g/mol. The van der Waals surface area contributed by atoms with Gasteiger partial charge >= 0.3 is 0 Å². The van der Waals surface area contributed by atoms with Crippen molar-refractivity contribution >= 4 is 5.91 Å². The fourth-order valence-electron chi connectivity index (χ4n) is 2.84. The first kappa shape index (κ1) is 14.1. The molecule has 104 valence electrons. The van der Waals surface area contributed by atoms with Gasteiger partial charge in [-0.25, -0.2) is 0 Å². The molecule has 1 heterocycles. The summed E-state index contributed by atoms with van der Waals surface area (Å²) in [4.78, 5) is 14.4. The van der Waals surface area contributed by atoms with Crippen LogP contribution in [-0.2, 0) is 4.79 Å². The topological polar surface area (TPSA) is 32.3 Å². The van der Waals surface area contributed by atoms with Gasteiger partial charge in [0.15, 0.2) is 0 Å². The van der Waals surface area contributed by atoms with Gasteiger partial charge in [0.05, 0.1) is 6.04 Å². The maximum atomic E-state index is 12.4. The lowest BCUT2D eigenvalue weighted by Crippen LogP contribution is -2.34. The number of nitrogens with one attached hydrogen (secondary N) is 1. The Morgan fingerprint density at radius 3 is 2.53 bits per heavy atom. The molecule has 1 N–H and O–H groups in total. The van der Waals surface area contributed by atoms with Crippen LogP contribution in [0.1, 0.15) is 43.6 Å². The minimum Gasteiger partial charge on any atom is -0.322 e. The van der Waals surface area contributed by atoms with Gasteiger partial charge in [0, 0.05) is 6.54 Å². The molecule has 0 aromatic heterocycles. The third kappa shape index (κ3) is 2.52. The summed E-state index contributed by atoms with van der Waals surface area (Å²) in [6.45, 7) is 11.2. The van der Waals surface area contributed by atoms with Crippen LogP contribution in [0.15, 0.2) is 18.2 Å². The quantitative estimate of drug-likeness (QED) is 0.906. The van der Waals surface area contributed by atoms with Crippen LogP contribution < -0.4 is 5.32 Å². The van der Waals surface area contributed by atoms with Crippen molar-refractivity contribution in [1.29, 1.82) is 0 Å². The maximum Gasteiger partial charge on any atom is 0.241 e. The van der Waals surface area contributed by atoms with Crippen LogP contribution in [0.3, 0.4) is 0 Å². The average molecular weight is 260 g/mol. The van der Waals surface area contributed by atoms with Crippen molar-refractivity contribution in [2.24, 2.45) is 5.92 Å². The molecule has 1 aliphatic rings. The van der Waals surface area contributed by atoms with E-state index in [1.54, 1.807) is 0 Å². The highest BCUT2D eigenvalue weighted by molar-refractivity contribution is 5.84. The Labute approximate surface area is 116 Å². The minimum atomic E-state index is -0.0642. The van der Waals surface area contributed by atoms with Crippen molar-refractivity contribution in [2.45, 2.75) is 46.8 Å². The van der Waals surface area contributed by atoms with E-state index >= 15 is 0 Å². The molecule has 19 heavy (non-hydrogen) atoms. The number of likely N-dealkylation sites (N-methyl/N-ethyl adjacent to an activating group) is 1. The van der Waals surface area contributed by atoms with Gasteiger partial charge in [-0.1, -0.05) is 37.6 Å². The molecule has 1 aromatic rings. The highest BCUT2D eigenvalue weighted by Gasteiger charge is 2.40. The number of carbonyl (C=O) groups excluding carboxylic acids is 1. The SMILES string of the molecule is CCN1C(=O)C(C(C)C)NC1c1ccc(C)cc1C. The van der Waals surface area contributed by atoms with Gasteiger partial charge in [0.2, 0.25) is 5.91 Å². The number of aryl methyl sites for hydroxylation is 2.